The van der Waals surface area contributed by atoms with Crippen LogP contribution in [0.1, 0.15) is 16.1 Å². The highest BCUT2D eigenvalue weighted by Crippen LogP contribution is 2.23. The topological polar surface area (TPSA) is 99.8 Å². The van der Waals surface area contributed by atoms with Crippen molar-refractivity contribution < 1.29 is 4.79 Å². The molecule has 2 rings (SSSR count). The lowest BCUT2D eigenvalue weighted by Crippen LogP contribution is -2.12. The van der Waals surface area contributed by atoms with Crippen molar-refractivity contribution in [1.29, 1.82) is 0 Å². The van der Waals surface area contributed by atoms with E-state index in [1.807, 2.05) is 13.0 Å². The molecule has 0 spiro atoms. The summed E-state index contributed by atoms with van der Waals surface area (Å²) in [5.74, 6) is 4.92. The Labute approximate surface area is 91.9 Å². The van der Waals surface area contributed by atoms with Gasteiger partial charge in [-0.1, -0.05) is 0 Å². The molecule has 4 N–H and O–H groups in total. The van der Waals surface area contributed by atoms with Crippen molar-refractivity contribution in [3.8, 4) is 11.3 Å². The number of hydrogen-bond acceptors (Lipinski definition) is 4. The summed E-state index contributed by atoms with van der Waals surface area (Å²) in [6, 6.07) is 3.58. The van der Waals surface area contributed by atoms with Gasteiger partial charge in [0.1, 0.15) is 5.69 Å². The van der Waals surface area contributed by atoms with Crippen LogP contribution in [-0.2, 0) is 0 Å². The Balaban J connectivity index is 2.64. The molecule has 6 nitrogen and oxygen atoms in total. The third-order valence-corrected chi connectivity index (χ3v) is 2.26. The van der Waals surface area contributed by atoms with Gasteiger partial charge in [0, 0.05) is 17.5 Å². The average Bonchev–Trinajstić information content (AvgIpc) is 2.61. The minimum Gasteiger partial charge on any atom is -0.365 e. The maximum absolute atomic E-state index is 11.2. The van der Waals surface area contributed by atoms with Gasteiger partial charge in [0.25, 0.3) is 5.91 Å². The zero-order valence-corrected chi connectivity index (χ0v) is 8.71. The van der Waals surface area contributed by atoms with Crippen LogP contribution < -0.4 is 11.6 Å². The van der Waals surface area contributed by atoms with Crippen LogP contribution in [0.2, 0.25) is 0 Å². The Bertz CT molecular complexity index is 546. The molecule has 2 aromatic heterocycles. The molecular weight excluding hydrogens is 206 g/mol. The van der Waals surface area contributed by atoms with Gasteiger partial charge >= 0.3 is 0 Å². The Morgan fingerprint density at radius 1 is 1.50 bits per heavy atom. The Morgan fingerprint density at radius 3 is 2.88 bits per heavy atom. The fourth-order valence-corrected chi connectivity index (χ4v) is 1.51. The molecule has 2 aromatic rings. The molecule has 0 radical (unpaired) electrons. The van der Waals surface area contributed by atoms with E-state index in [4.69, 9.17) is 11.6 Å². The highest BCUT2D eigenvalue weighted by atomic mass is 16.1. The van der Waals surface area contributed by atoms with Crippen LogP contribution in [0, 0.1) is 6.92 Å². The van der Waals surface area contributed by atoms with Crippen LogP contribution >= 0.6 is 0 Å². The maximum atomic E-state index is 11.2. The molecule has 0 aliphatic heterocycles. The molecule has 6 heteroatoms. The zero-order valence-electron chi connectivity index (χ0n) is 8.71. The standard InChI is InChI=1S/C10H11N5O/c1-6-7(3-2-4-13-6)9-8(10(11)16)5-15(12)14-9/h2-5H,12H2,1H3,(H2,11,16). The first-order valence-electron chi connectivity index (χ1n) is 4.66. The minimum absolute atomic E-state index is 0.290. The minimum atomic E-state index is -0.560. The predicted molar refractivity (Wildman–Crippen MR) is 58.9 cm³/mol. The second-order valence-electron chi connectivity index (χ2n) is 3.37. The third kappa shape index (κ3) is 1.60. The number of hydrogen-bond donors (Lipinski definition) is 2. The summed E-state index contributed by atoms with van der Waals surface area (Å²) in [5.41, 5.74) is 7.51. The molecule has 0 aliphatic rings. The van der Waals surface area contributed by atoms with Gasteiger partial charge in [0.05, 0.1) is 11.8 Å². The average molecular weight is 217 g/mol. The molecule has 0 fully saturated rings. The first-order chi connectivity index (χ1) is 7.59. The van der Waals surface area contributed by atoms with E-state index in [0.29, 0.717) is 11.3 Å². The molecule has 0 unspecified atom stereocenters. The van der Waals surface area contributed by atoms with Gasteiger partial charge < -0.3 is 11.6 Å². The molecular formula is C10H11N5O. The van der Waals surface area contributed by atoms with Gasteiger partial charge in [0.15, 0.2) is 0 Å². The quantitative estimate of drug-likeness (QED) is 0.695. The number of primary amides is 1. The summed E-state index contributed by atoms with van der Waals surface area (Å²) < 4.78 is 0. The van der Waals surface area contributed by atoms with E-state index in [9.17, 15) is 4.79 Å². The molecule has 0 saturated carbocycles. The predicted octanol–water partition coefficient (Wildman–Crippen LogP) is 0.0662. The molecule has 16 heavy (non-hydrogen) atoms. The first kappa shape index (κ1) is 10.2. The summed E-state index contributed by atoms with van der Waals surface area (Å²) >= 11 is 0. The van der Waals surface area contributed by atoms with Crippen LogP contribution in [0.5, 0.6) is 0 Å². The van der Waals surface area contributed by atoms with Crippen molar-refractivity contribution in [2.24, 2.45) is 5.73 Å². The van der Waals surface area contributed by atoms with Crippen LogP contribution in [0.15, 0.2) is 24.5 Å². The summed E-state index contributed by atoms with van der Waals surface area (Å²) in [7, 11) is 0. The lowest BCUT2D eigenvalue weighted by molar-refractivity contribution is 0.100. The van der Waals surface area contributed by atoms with Gasteiger partial charge in [-0.25, -0.2) is 0 Å². The van der Waals surface area contributed by atoms with E-state index in [1.165, 1.54) is 6.20 Å². The van der Waals surface area contributed by atoms with Crippen LogP contribution in [0.25, 0.3) is 11.3 Å². The number of pyridine rings is 1. The number of aryl methyl sites for hydroxylation is 1. The number of aromatic nitrogens is 3. The largest absolute Gasteiger partial charge is 0.365 e. The number of carbonyl (C=O) groups excluding carboxylic acids is 1. The lowest BCUT2D eigenvalue weighted by atomic mass is 10.1. The van der Waals surface area contributed by atoms with Gasteiger partial charge in [-0.15, -0.1) is 0 Å². The molecule has 82 valence electrons. The van der Waals surface area contributed by atoms with Crippen molar-refractivity contribution in [2.45, 2.75) is 6.92 Å². The van der Waals surface area contributed by atoms with Crippen molar-refractivity contribution >= 4 is 5.91 Å². The van der Waals surface area contributed by atoms with Crippen molar-refractivity contribution in [3.63, 3.8) is 0 Å². The zero-order chi connectivity index (χ0) is 11.7. The number of nitrogens with two attached hydrogens (primary N) is 2. The second kappa shape index (κ2) is 3.65. The monoisotopic (exact) mass is 217 g/mol. The summed E-state index contributed by atoms with van der Waals surface area (Å²) in [4.78, 5) is 16.4. The number of rotatable bonds is 2. The molecule has 1 amide bonds. The van der Waals surface area contributed by atoms with Crippen LogP contribution in [0.4, 0.5) is 0 Å². The van der Waals surface area contributed by atoms with E-state index >= 15 is 0 Å². The molecule has 2 heterocycles. The van der Waals surface area contributed by atoms with Gasteiger partial charge in [0.2, 0.25) is 0 Å². The van der Waals surface area contributed by atoms with Crippen LogP contribution in [0.3, 0.4) is 0 Å². The highest BCUT2D eigenvalue weighted by molar-refractivity contribution is 5.98. The van der Waals surface area contributed by atoms with Crippen molar-refractivity contribution in [3.05, 3.63) is 35.8 Å². The summed E-state index contributed by atoms with van der Waals surface area (Å²) in [6.07, 6.45) is 3.06. The van der Waals surface area contributed by atoms with E-state index in [0.717, 1.165) is 16.0 Å². The fourth-order valence-electron chi connectivity index (χ4n) is 1.51. The summed E-state index contributed by atoms with van der Waals surface area (Å²) in [6.45, 7) is 1.83. The maximum Gasteiger partial charge on any atom is 0.252 e. The SMILES string of the molecule is Cc1ncccc1-c1nn(N)cc1C(N)=O. The number of amides is 1. The van der Waals surface area contributed by atoms with E-state index in [-0.39, 0.29) is 0 Å². The third-order valence-electron chi connectivity index (χ3n) is 2.26. The molecule has 0 saturated heterocycles. The lowest BCUT2D eigenvalue weighted by Gasteiger charge is -2.01. The van der Waals surface area contributed by atoms with Crippen molar-refractivity contribution in [1.82, 2.24) is 14.9 Å². The Morgan fingerprint density at radius 2 is 2.25 bits per heavy atom. The molecule has 0 atom stereocenters. The number of nitrogen functional groups attached to an aromatic ring is 1. The van der Waals surface area contributed by atoms with E-state index in [2.05, 4.69) is 10.1 Å². The van der Waals surface area contributed by atoms with Gasteiger partial charge in [-0.05, 0) is 19.1 Å². The smallest absolute Gasteiger partial charge is 0.252 e. The van der Waals surface area contributed by atoms with Gasteiger partial charge in [-0.3, -0.25) is 9.78 Å². The Kier molecular flexibility index (Phi) is 2.32. The number of carbonyl (C=O) groups is 1. The second-order valence-corrected chi connectivity index (χ2v) is 3.37. The van der Waals surface area contributed by atoms with E-state index < -0.39 is 5.91 Å². The molecule has 0 aliphatic carbocycles. The Hall–Kier alpha value is -2.37. The van der Waals surface area contributed by atoms with Crippen LogP contribution in [-0.4, -0.2) is 20.8 Å². The first-order valence-corrected chi connectivity index (χ1v) is 4.66. The van der Waals surface area contributed by atoms with Crippen molar-refractivity contribution in [2.75, 3.05) is 5.84 Å². The highest BCUT2D eigenvalue weighted by Gasteiger charge is 2.16. The molecule has 0 aromatic carbocycles. The number of nitrogens with zero attached hydrogens (tertiary/aromatic N) is 3. The van der Waals surface area contributed by atoms with E-state index in [1.54, 1.807) is 12.3 Å². The fraction of sp³-hybridized carbons (Fsp3) is 0.100. The van der Waals surface area contributed by atoms with Gasteiger partial charge in [-0.2, -0.15) is 9.89 Å². The normalized spacial score (nSPS) is 10.3. The summed E-state index contributed by atoms with van der Waals surface area (Å²) in [5, 5.41) is 4.02. The molecule has 0 bridgehead atoms.